The first-order valence-corrected chi connectivity index (χ1v) is 6.53. The number of rotatable bonds is 3. The number of morpholine rings is 1. The van der Waals surface area contributed by atoms with E-state index in [-0.39, 0.29) is 0 Å². The zero-order valence-electron chi connectivity index (χ0n) is 9.55. The fourth-order valence-electron chi connectivity index (χ4n) is 1.57. The Morgan fingerprint density at radius 1 is 1.43 bits per heavy atom. The highest BCUT2D eigenvalue weighted by molar-refractivity contribution is 9.09. The van der Waals surface area contributed by atoms with E-state index in [1.807, 2.05) is 0 Å². The van der Waals surface area contributed by atoms with Crippen LogP contribution in [0.15, 0.2) is 0 Å². The molecular weight excluding hydrogens is 242 g/mol. The summed E-state index contributed by atoms with van der Waals surface area (Å²) in [5.74, 6) is 0. The van der Waals surface area contributed by atoms with Gasteiger partial charge in [-0.15, -0.1) is 0 Å². The molecule has 0 radical (unpaired) electrons. The second-order valence-electron chi connectivity index (χ2n) is 5.26. The topological polar surface area (TPSA) is 12.5 Å². The molecule has 1 aliphatic rings. The molecule has 1 heterocycles. The minimum Gasteiger partial charge on any atom is -0.375 e. The summed E-state index contributed by atoms with van der Waals surface area (Å²) in [6, 6.07) is 0. The van der Waals surface area contributed by atoms with E-state index in [1.54, 1.807) is 0 Å². The molecule has 1 unspecified atom stereocenters. The molecule has 0 N–H and O–H groups in total. The highest BCUT2D eigenvalue weighted by Gasteiger charge is 2.20. The maximum atomic E-state index is 5.60. The van der Waals surface area contributed by atoms with Crippen molar-refractivity contribution in [3.63, 3.8) is 0 Å². The maximum absolute atomic E-state index is 5.60. The van der Waals surface area contributed by atoms with Gasteiger partial charge in [-0.1, -0.05) is 36.7 Å². The van der Waals surface area contributed by atoms with Crippen LogP contribution in [0.3, 0.4) is 0 Å². The van der Waals surface area contributed by atoms with Gasteiger partial charge in [0.1, 0.15) is 0 Å². The van der Waals surface area contributed by atoms with Gasteiger partial charge in [0.2, 0.25) is 0 Å². The first-order valence-electron chi connectivity index (χ1n) is 5.41. The fourth-order valence-corrected chi connectivity index (χ4v) is 1.96. The van der Waals surface area contributed by atoms with Crippen molar-refractivity contribution in [1.29, 1.82) is 0 Å². The third kappa shape index (κ3) is 4.76. The van der Waals surface area contributed by atoms with Gasteiger partial charge < -0.3 is 4.74 Å². The SMILES string of the molecule is CC(C)(C)CCN1CCOC(CBr)C1. The predicted octanol–water partition coefficient (Wildman–Crippen LogP) is 2.52. The van der Waals surface area contributed by atoms with Crippen molar-refractivity contribution in [2.24, 2.45) is 5.41 Å². The largest absolute Gasteiger partial charge is 0.375 e. The van der Waals surface area contributed by atoms with Crippen LogP contribution in [0.2, 0.25) is 0 Å². The van der Waals surface area contributed by atoms with Crippen molar-refractivity contribution in [3.8, 4) is 0 Å². The highest BCUT2D eigenvalue weighted by atomic mass is 79.9. The number of halogens is 1. The molecule has 0 bridgehead atoms. The monoisotopic (exact) mass is 263 g/mol. The number of ether oxygens (including phenoxy) is 1. The summed E-state index contributed by atoms with van der Waals surface area (Å²) in [5.41, 5.74) is 0.447. The first-order chi connectivity index (χ1) is 6.51. The Bertz CT molecular complexity index is 167. The van der Waals surface area contributed by atoms with Gasteiger partial charge in [-0.2, -0.15) is 0 Å². The Morgan fingerprint density at radius 3 is 2.71 bits per heavy atom. The summed E-state index contributed by atoms with van der Waals surface area (Å²) in [6.45, 7) is 11.2. The lowest BCUT2D eigenvalue weighted by atomic mass is 9.92. The Labute approximate surface area is 96.1 Å². The van der Waals surface area contributed by atoms with Crippen LogP contribution in [0.5, 0.6) is 0 Å². The van der Waals surface area contributed by atoms with E-state index in [1.165, 1.54) is 13.0 Å². The van der Waals surface area contributed by atoms with Crippen molar-refractivity contribution in [1.82, 2.24) is 4.90 Å². The third-order valence-electron chi connectivity index (χ3n) is 2.57. The summed E-state index contributed by atoms with van der Waals surface area (Å²) in [5, 5.41) is 0.957. The van der Waals surface area contributed by atoms with E-state index in [4.69, 9.17) is 4.74 Å². The van der Waals surface area contributed by atoms with Gasteiger partial charge in [0, 0.05) is 18.4 Å². The molecule has 0 aromatic rings. The average Bonchev–Trinajstić information content (AvgIpc) is 2.14. The van der Waals surface area contributed by atoms with Crippen molar-refractivity contribution in [2.45, 2.75) is 33.3 Å². The zero-order chi connectivity index (χ0) is 10.6. The normalized spacial score (nSPS) is 25.3. The number of nitrogens with zero attached hydrogens (tertiary/aromatic N) is 1. The van der Waals surface area contributed by atoms with Gasteiger partial charge >= 0.3 is 0 Å². The molecule has 1 atom stereocenters. The molecule has 0 saturated carbocycles. The smallest absolute Gasteiger partial charge is 0.0799 e. The van der Waals surface area contributed by atoms with Gasteiger partial charge in [0.15, 0.2) is 0 Å². The Hall–Kier alpha value is 0.400. The van der Waals surface area contributed by atoms with Crippen molar-refractivity contribution >= 4 is 15.9 Å². The molecule has 0 aromatic heterocycles. The van der Waals surface area contributed by atoms with Crippen LogP contribution in [-0.4, -0.2) is 42.6 Å². The summed E-state index contributed by atoms with van der Waals surface area (Å²) in [4.78, 5) is 2.51. The van der Waals surface area contributed by atoms with Crippen LogP contribution in [0.25, 0.3) is 0 Å². The van der Waals surface area contributed by atoms with Crippen LogP contribution >= 0.6 is 15.9 Å². The molecule has 0 spiro atoms. The molecule has 0 aliphatic carbocycles. The third-order valence-corrected chi connectivity index (χ3v) is 3.30. The molecule has 1 rings (SSSR count). The maximum Gasteiger partial charge on any atom is 0.0799 e. The van der Waals surface area contributed by atoms with E-state index >= 15 is 0 Å². The lowest BCUT2D eigenvalue weighted by Crippen LogP contribution is -2.44. The van der Waals surface area contributed by atoms with Crippen LogP contribution < -0.4 is 0 Å². The molecular formula is C11H22BrNO. The minimum absolute atomic E-state index is 0.392. The van der Waals surface area contributed by atoms with E-state index in [0.717, 1.165) is 25.0 Å². The summed E-state index contributed by atoms with van der Waals surface area (Å²) < 4.78 is 5.60. The van der Waals surface area contributed by atoms with Gasteiger partial charge in [0.05, 0.1) is 12.7 Å². The van der Waals surface area contributed by atoms with Crippen molar-refractivity contribution in [3.05, 3.63) is 0 Å². The molecule has 0 aromatic carbocycles. The van der Waals surface area contributed by atoms with Crippen LogP contribution in [-0.2, 0) is 4.74 Å². The lowest BCUT2D eigenvalue weighted by molar-refractivity contribution is -0.0179. The fraction of sp³-hybridized carbons (Fsp3) is 1.00. The molecule has 1 aliphatic heterocycles. The van der Waals surface area contributed by atoms with Gasteiger partial charge in [0.25, 0.3) is 0 Å². The summed E-state index contributed by atoms with van der Waals surface area (Å²) in [6.07, 6.45) is 1.66. The zero-order valence-corrected chi connectivity index (χ0v) is 11.1. The quantitative estimate of drug-likeness (QED) is 0.726. The Balaban J connectivity index is 2.24. The number of hydrogen-bond acceptors (Lipinski definition) is 2. The molecule has 1 fully saturated rings. The molecule has 84 valence electrons. The van der Waals surface area contributed by atoms with Crippen molar-refractivity contribution < 1.29 is 4.74 Å². The summed E-state index contributed by atoms with van der Waals surface area (Å²) >= 11 is 3.48. The second kappa shape index (κ2) is 5.47. The highest BCUT2D eigenvalue weighted by Crippen LogP contribution is 2.19. The second-order valence-corrected chi connectivity index (χ2v) is 5.91. The van der Waals surface area contributed by atoms with Gasteiger partial charge in [-0.25, -0.2) is 0 Å². The van der Waals surface area contributed by atoms with E-state index in [0.29, 0.717) is 11.5 Å². The van der Waals surface area contributed by atoms with E-state index in [2.05, 4.69) is 41.6 Å². The van der Waals surface area contributed by atoms with Gasteiger partial charge in [-0.05, 0) is 18.4 Å². The van der Waals surface area contributed by atoms with Crippen molar-refractivity contribution in [2.75, 3.05) is 31.6 Å². The van der Waals surface area contributed by atoms with Gasteiger partial charge in [-0.3, -0.25) is 4.90 Å². The van der Waals surface area contributed by atoms with Crippen LogP contribution in [0.4, 0.5) is 0 Å². The Kier molecular flexibility index (Phi) is 4.88. The van der Waals surface area contributed by atoms with Crippen LogP contribution in [0.1, 0.15) is 27.2 Å². The summed E-state index contributed by atoms with van der Waals surface area (Å²) in [7, 11) is 0. The average molecular weight is 264 g/mol. The predicted molar refractivity (Wildman–Crippen MR) is 64.0 cm³/mol. The van der Waals surface area contributed by atoms with E-state index in [9.17, 15) is 0 Å². The molecule has 3 heteroatoms. The minimum atomic E-state index is 0.392. The number of alkyl halides is 1. The molecule has 2 nitrogen and oxygen atoms in total. The standard InChI is InChI=1S/C11H22BrNO/c1-11(2,3)4-5-13-6-7-14-10(8-12)9-13/h10H,4-9H2,1-3H3. The lowest BCUT2D eigenvalue weighted by Gasteiger charge is -2.33. The Morgan fingerprint density at radius 2 is 2.14 bits per heavy atom. The van der Waals surface area contributed by atoms with E-state index < -0.39 is 0 Å². The molecule has 0 amide bonds. The van der Waals surface area contributed by atoms with Crippen LogP contribution in [0, 0.1) is 5.41 Å². The molecule has 14 heavy (non-hydrogen) atoms. The molecule has 1 saturated heterocycles. The number of hydrogen-bond donors (Lipinski definition) is 0. The first kappa shape index (κ1) is 12.5.